The molecule has 190 valence electrons. The van der Waals surface area contributed by atoms with Gasteiger partial charge in [0.05, 0.1) is 12.9 Å². The van der Waals surface area contributed by atoms with E-state index in [-0.39, 0.29) is 5.75 Å². The summed E-state index contributed by atoms with van der Waals surface area (Å²) in [4.78, 5) is 4.20. The molecule has 0 aliphatic heterocycles. The summed E-state index contributed by atoms with van der Waals surface area (Å²) in [6.45, 7) is 4.04. The zero-order chi connectivity index (χ0) is 24.4. The van der Waals surface area contributed by atoms with Crippen molar-refractivity contribution in [3.63, 3.8) is 0 Å². The second-order valence-electron chi connectivity index (χ2n) is 8.92. The van der Waals surface area contributed by atoms with Crippen LogP contribution < -0.4 is 14.5 Å². The van der Waals surface area contributed by atoms with E-state index in [1.165, 1.54) is 70.6 Å². The lowest BCUT2D eigenvalue weighted by Gasteiger charge is -2.19. The molecule has 0 unspecified atom stereocenters. The van der Waals surface area contributed by atoms with Crippen LogP contribution in [0.5, 0.6) is 5.75 Å². The van der Waals surface area contributed by atoms with Gasteiger partial charge in [-0.2, -0.15) is 5.10 Å². The van der Waals surface area contributed by atoms with Gasteiger partial charge < -0.3 is 9.64 Å². The maximum atomic E-state index is 12.2. The Morgan fingerprint density at radius 3 is 1.76 bits per heavy atom. The van der Waals surface area contributed by atoms with Gasteiger partial charge in [0, 0.05) is 12.7 Å². The SMILES string of the molecule is CCCCCCCCCCCCCCCCS(=O)(=O)N/N=C(\C)N(C)c1ccc(OC)cc1. The van der Waals surface area contributed by atoms with Gasteiger partial charge in [-0.05, 0) is 37.6 Å². The molecular weight excluding hydrogens is 434 g/mol. The lowest BCUT2D eigenvalue weighted by atomic mass is 10.0. The number of rotatable bonds is 19. The number of amidine groups is 1. The first kappa shape index (κ1) is 29.3. The van der Waals surface area contributed by atoms with E-state index in [2.05, 4.69) is 16.9 Å². The standard InChI is InChI=1S/C26H47N3O3S/c1-5-6-7-8-9-10-11-12-13-14-15-16-17-18-23-33(30,31)28-27-24(2)29(3)25-19-21-26(32-4)22-20-25/h19-22,28H,5-18,23H2,1-4H3/b27-24+. The lowest BCUT2D eigenvalue weighted by Crippen LogP contribution is -2.29. The maximum absolute atomic E-state index is 12.2. The number of unbranched alkanes of at least 4 members (excludes halogenated alkanes) is 13. The van der Waals surface area contributed by atoms with Gasteiger partial charge in [-0.3, -0.25) is 0 Å². The average molecular weight is 482 g/mol. The van der Waals surface area contributed by atoms with E-state index in [0.29, 0.717) is 12.3 Å². The monoisotopic (exact) mass is 481 g/mol. The normalized spacial score (nSPS) is 12.1. The van der Waals surface area contributed by atoms with E-state index in [1.807, 2.05) is 36.2 Å². The summed E-state index contributed by atoms with van der Waals surface area (Å²) in [5.74, 6) is 1.47. The van der Waals surface area contributed by atoms with Gasteiger partial charge >= 0.3 is 0 Å². The van der Waals surface area contributed by atoms with Gasteiger partial charge in [-0.15, -0.1) is 0 Å². The summed E-state index contributed by atoms with van der Waals surface area (Å²) in [6.07, 6.45) is 17.5. The fourth-order valence-corrected chi connectivity index (χ4v) is 4.68. The van der Waals surface area contributed by atoms with Gasteiger partial charge in [-0.25, -0.2) is 13.2 Å². The third-order valence-electron chi connectivity index (χ3n) is 6.06. The lowest BCUT2D eigenvalue weighted by molar-refractivity contribution is 0.415. The molecule has 0 bridgehead atoms. The van der Waals surface area contributed by atoms with Crippen molar-refractivity contribution in [1.29, 1.82) is 0 Å². The number of benzene rings is 1. The first-order valence-electron chi connectivity index (χ1n) is 12.8. The minimum absolute atomic E-state index is 0.119. The number of hydrogen-bond acceptors (Lipinski definition) is 4. The number of sulfonamides is 1. The molecule has 0 radical (unpaired) electrons. The molecule has 0 saturated carbocycles. The summed E-state index contributed by atoms with van der Waals surface area (Å²) < 4.78 is 29.6. The summed E-state index contributed by atoms with van der Waals surface area (Å²) in [7, 11) is 0.0695. The first-order chi connectivity index (χ1) is 15.9. The third kappa shape index (κ3) is 14.2. The minimum atomic E-state index is -3.40. The van der Waals surface area contributed by atoms with Crippen LogP contribution in [0, 0.1) is 0 Å². The summed E-state index contributed by atoms with van der Waals surface area (Å²) in [5.41, 5.74) is 0.906. The highest BCUT2D eigenvalue weighted by atomic mass is 32.2. The molecule has 0 heterocycles. The van der Waals surface area contributed by atoms with E-state index in [9.17, 15) is 8.42 Å². The second-order valence-corrected chi connectivity index (χ2v) is 10.7. The van der Waals surface area contributed by atoms with Crippen LogP contribution in [0.4, 0.5) is 5.69 Å². The Kier molecular flexibility index (Phi) is 15.7. The fourth-order valence-electron chi connectivity index (χ4n) is 3.74. The van der Waals surface area contributed by atoms with E-state index in [0.717, 1.165) is 24.3 Å². The van der Waals surface area contributed by atoms with Crippen LogP contribution in [0.3, 0.4) is 0 Å². The molecule has 33 heavy (non-hydrogen) atoms. The number of nitrogens with zero attached hydrogens (tertiary/aromatic N) is 2. The topological polar surface area (TPSA) is 71.0 Å². The van der Waals surface area contributed by atoms with Crippen LogP contribution in [-0.2, 0) is 10.0 Å². The summed E-state index contributed by atoms with van der Waals surface area (Å²) in [5, 5.41) is 4.07. The summed E-state index contributed by atoms with van der Waals surface area (Å²) in [6, 6.07) is 7.53. The van der Waals surface area contributed by atoms with Gasteiger partial charge in [-0.1, -0.05) is 90.4 Å². The van der Waals surface area contributed by atoms with E-state index in [4.69, 9.17) is 4.74 Å². The van der Waals surface area contributed by atoms with E-state index in [1.54, 1.807) is 14.0 Å². The largest absolute Gasteiger partial charge is 0.497 e. The van der Waals surface area contributed by atoms with Crippen LogP contribution in [-0.4, -0.2) is 34.2 Å². The zero-order valence-electron chi connectivity index (χ0n) is 21.4. The molecule has 0 atom stereocenters. The number of hydrogen-bond donors (Lipinski definition) is 1. The highest BCUT2D eigenvalue weighted by Crippen LogP contribution is 2.18. The average Bonchev–Trinajstić information content (AvgIpc) is 2.82. The molecule has 1 aromatic rings. The molecular formula is C26H47N3O3S. The predicted octanol–water partition coefficient (Wildman–Crippen LogP) is 6.87. The molecule has 0 saturated heterocycles. The van der Waals surface area contributed by atoms with Crippen LogP contribution in [0.25, 0.3) is 0 Å². The smallest absolute Gasteiger partial charge is 0.247 e. The van der Waals surface area contributed by atoms with Crippen LogP contribution >= 0.6 is 0 Å². The van der Waals surface area contributed by atoms with Crippen molar-refractivity contribution in [3.8, 4) is 5.75 Å². The van der Waals surface area contributed by atoms with Crippen molar-refractivity contribution in [2.75, 3.05) is 24.8 Å². The number of nitrogens with one attached hydrogen (secondary N) is 1. The molecule has 0 fully saturated rings. The molecule has 0 aromatic heterocycles. The number of hydrazone groups is 1. The van der Waals surface area contributed by atoms with Crippen molar-refractivity contribution in [1.82, 2.24) is 4.83 Å². The van der Waals surface area contributed by atoms with E-state index < -0.39 is 10.0 Å². The van der Waals surface area contributed by atoms with Gasteiger partial charge in [0.25, 0.3) is 0 Å². The zero-order valence-corrected chi connectivity index (χ0v) is 22.3. The number of methoxy groups -OCH3 is 1. The first-order valence-corrected chi connectivity index (χ1v) is 14.5. The van der Waals surface area contributed by atoms with Crippen molar-refractivity contribution in [3.05, 3.63) is 24.3 Å². The third-order valence-corrected chi connectivity index (χ3v) is 7.25. The van der Waals surface area contributed by atoms with Crippen LogP contribution in [0.2, 0.25) is 0 Å². The number of ether oxygens (including phenoxy) is 1. The Labute approximate surface area is 203 Å². The Balaban J connectivity index is 2.11. The number of anilines is 1. The predicted molar refractivity (Wildman–Crippen MR) is 142 cm³/mol. The fraction of sp³-hybridized carbons (Fsp3) is 0.731. The second kappa shape index (κ2) is 17.7. The van der Waals surface area contributed by atoms with Gasteiger partial charge in [0.15, 0.2) is 0 Å². The molecule has 1 rings (SSSR count). The van der Waals surface area contributed by atoms with Crippen molar-refractivity contribution in [2.45, 2.75) is 104 Å². The highest BCUT2D eigenvalue weighted by molar-refractivity contribution is 7.89. The molecule has 0 amide bonds. The maximum Gasteiger partial charge on any atom is 0.247 e. The van der Waals surface area contributed by atoms with Crippen LogP contribution in [0.1, 0.15) is 104 Å². The Morgan fingerprint density at radius 2 is 1.30 bits per heavy atom. The Bertz CT molecular complexity index is 749. The van der Waals surface area contributed by atoms with Crippen molar-refractivity contribution < 1.29 is 13.2 Å². The van der Waals surface area contributed by atoms with Gasteiger partial charge in [0.2, 0.25) is 10.0 Å². The summed E-state index contributed by atoms with van der Waals surface area (Å²) >= 11 is 0. The Morgan fingerprint density at radius 1 is 0.848 bits per heavy atom. The highest BCUT2D eigenvalue weighted by Gasteiger charge is 2.10. The van der Waals surface area contributed by atoms with Crippen molar-refractivity contribution in [2.24, 2.45) is 5.10 Å². The van der Waals surface area contributed by atoms with E-state index >= 15 is 0 Å². The molecule has 0 aliphatic rings. The molecule has 1 N–H and O–H groups in total. The molecule has 7 heteroatoms. The quantitative estimate of drug-likeness (QED) is 0.101. The molecule has 6 nitrogen and oxygen atoms in total. The van der Waals surface area contributed by atoms with Crippen molar-refractivity contribution >= 4 is 21.5 Å². The Hall–Kier alpha value is -1.76. The van der Waals surface area contributed by atoms with Crippen LogP contribution in [0.15, 0.2) is 29.4 Å². The minimum Gasteiger partial charge on any atom is -0.497 e. The molecule has 0 aliphatic carbocycles. The molecule has 1 aromatic carbocycles. The van der Waals surface area contributed by atoms with Gasteiger partial charge in [0.1, 0.15) is 11.6 Å². The molecule has 0 spiro atoms.